The quantitative estimate of drug-likeness (QED) is 0.792. The molecule has 2 heterocycles. The first-order chi connectivity index (χ1) is 10.1. The van der Waals surface area contributed by atoms with Crippen molar-refractivity contribution in [3.63, 3.8) is 0 Å². The number of carbonyl (C=O) groups excluding carboxylic acids is 2. The molecule has 3 rings (SSSR count). The van der Waals surface area contributed by atoms with Crippen LogP contribution in [0.4, 0.5) is 5.69 Å². The predicted octanol–water partition coefficient (Wildman–Crippen LogP) is 1.20. The number of rotatable bonds is 4. The van der Waals surface area contributed by atoms with Crippen molar-refractivity contribution in [3.8, 4) is 5.75 Å². The van der Waals surface area contributed by atoms with Crippen LogP contribution in [-0.2, 0) is 18.3 Å². The van der Waals surface area contributed by atoms with Crippen molar-refractivity contribution in [1.82, 2.24) is 9.78 Å². The van der Waals surface area contributed by atoms with E-state index in [-0.39, 0.29) is 0 Å². The first-order valence-corrected chi connectivity index (χ1v) is 6.63. The van der Waals surface area contributed by atoms with Crippen LogP contribution >= 0.6 is 0 Å². The van der Waals surface area contributed by atoms with Crippen LogP contribution in [0.25, 0.3) is 0 Å². The minimum absolute atomic E-state index is 0.407. The third kappa shape index (κ3) is 2.18. The molecule has 1 aliphatic heterocycles. The van der Waals surface area contributed by atoms with Gasteiger partial charge < -0.3 is 9.64 Å². The number of hydrogen-bond donors (Lipinski definition) is 0. The highest BCUT2D eigenvalue weighted by Gasteiger charge is 2.35. The van der Waals surface area contributed by atoms with Crippen LogP contribution in [0.2, 0.25) is 0 Å². The van der Waals surface area contributed by atoms with Crippen LogP contribution in [-0.4, -0.2) is 35.1 Å². The molecule has 1 amide bonds. The van der Waals surface area contributed by atoms with Crippen molar-refractivity contribution in [2.75, 3.05) is 18.6 Å². The molecule has 0 saturated heterocycles. The number of carbonyl (C=O) groups is 2. The summed E-state index contributed by atoms with van der Waals surface area (Å²) in [5.41, 5.74) is 2.06. The summed E-state index contributed by atoms with van der Waals surface area (Å²) in [5, 5.41) is 4.09. The van der Waals surface area contributed by atoms with E-state index in [0.717, 1.165) is 5.69 Å². The molecule has 1 aromatic carbocycles. The number of anilines is 1. The Morgan fingerprint density at radius 3 is 2.71 bits per heavy atom. The van der Waals surface area contributed by atoms with Crippen LogP contribution in [0.5, 0.6) is 5.75 Å². The molecule has 6 heteroatoms. The first kappa shape index (κ1) is 13.4. The monoisotopic (exact) mass is 285 g/mol. The average Bonchev–Trinajstić information content (AvgIpc) is 3.00. The Labute approximate surface area is 121 Å². The Morgan fingerprint density at radius 1 is 1.24 bits per heavy atom. The van der Waals surface area contributed by atoms with Crippen LogP contribution in [0.1, 0.15) is 16.1 Å². The van der Waals surface area contributed by atoms with E-state index < -0.39 is 11.7 Å². The summed E-state index contributed by atoms with van der Waals surface area (Å²) in [7, 11) is 3.38. The zero-order valence-corrected chi connectivity index (χ0v) is 11.9. The summed E-state index contributed by atoms with van der Waals surface area (Å²) in [4.78, 5) is 25.7. The van der Waals surface area contributed by atoms with E-state index >= 15 is 0 Å². The fraction of sp³-hybridized carbons (Fsp3) is 0.267. The Kier molecular flexibility index (Phi) is 3.21. The minimum atomic E-state index is -0.486. The standard InChI is InChI=1S/C15H15N3O3/c1-17-10(5-7-16-17)6-8-18-13-4-3-11(21-2)9-12(13)14(19)15(18)20/h3-5,7,9H,6,8H2,1-2H3. The van der Waals surface area contributed by atoms with Crippen LogP contribution < -0.4 is 9.64 Å². The summed E-state index contributed by atoms with van der Waals surface area (Å²) in [6.07, 6.45) is 2.35. The summed E-state index contributed by atoms with van der Waals surface area (Å²) in [5.74, 6) is -0.391. The van der Waals surface area contributed by atoms with E-state index in [1.165, 1.54) is 12.0 Å². The van der Waals surface area contributed by atoms with E-state index in [1.807, 2.05) is 13.1 Å². The summed E-state index contributed by atoms with van der Waals surface area (Å²) in [6, 6.07) is 7.01. The number of benzene rings is 1. The maximum absolute atomic E-state index is 12.1. The molecular formula is C15H15N3O3. The summed E-state index contributed by atoms with van der Waals surface area (Å²) >= 11 is 0. The number of amides is 1. The third-order valence-electron chi connectivity index (χ3n) is 3.69. The molecule has 6 nitrogen and oxygen atoms in total. The molecule has 0 saturated carbocycles. The lowest BCUT2D eigenvalue weighted by atomic mass is 10.1. The highest BCUT2D eigenvalue weighted by Crippen LogP contribution is 2.32. The number of ether oxygens (including phenoxy) is 1. The van der Waals surface area contributed by atoms with Gasteiger partial charge in [0, 0.05) is 31.9 Å². The molecule has 0 aliphatic carbocycles. The number of aryl methyl sites for hydroxylation is 1. The molecule has 108 valence electrons. The second-order valence-corrected chi connectivity index (χ2v) is 4.87. The lowest BCUT2D eigenvalue weighted by molar-refractivity contribution is -0.114. The van der Waals surface area contributed by atoms with E-state index in [0.29, 0.717) is 30.0 Å². The number of nitrogens with zero attached hydrogens (tertiary/aromatic N) is 3. The van der Waals surface area contributed by atoms with Gasteiger partial charge in [0.15, 0.2) is 0 Å². The zero-order chi connectivity index (χ0) is 15.0. The van der Waals surface area contributed by atoms with Crippen LogP contribution in [0.3, 0.4) is 0 Å². The molecule has 1 aliphatic rings. The Hall–Kier alpha value is -2.63. The maximum Gasteiger partial charge on any atom is 0.299 e. The number of ketones is 1. The Balaban J connectivity index is 1.86. The molecule has 0 fully saturated rings. The van der Waals surface area contributed by atoms with Crippen molar-refractivity contribution < 1.29 is 14.3 Å². The molecule has 0 spiro atoms. The van der Waals surface area contributed by atoms with Gasteiger partial charge in [0.25, 0.3) is 11.7 Å². The maximum atomic E-state index is 12.1. The largest absolute Gasteiger partial charge is 0.497 e. The second kappa shape index (κ2) is 5.05. The molecule has 1 aromatic heterocycles. The SMILES string of the molecule is COc1ccc2c(c1)C(=O)C(=O)N2CCc1ccnn1C. The zero-order valence-electron chi connectivity index (χ0n) is 11.9. The predicted molar refractivity (Wildman–Crippen MR) is 76.6 cm³/mol. The van der Waals surface area contributed by atoms with Crippen molar-refractivity contribution in [2.24, 2.45) is 7.05 Å². The highest BCUT2D eigenvalue weighted by molar-refractivity contribution is 6.52. The van der Waals surface area contributed by atoms with E-state index in [2.05, 4.69) is 5.10 Å². The van der Waals surface area contributed by atoms with Gasteiger partial charge in [0.05, 0.1) is 18.4 Å². The molecule has 21 heavy (non-hydrogen) atoms. The van der Waals surface area contributed by atoms with Crippen molar-refractivity contribution >= 4 is 17.4 Å². The van der Waals surface area contributed by atoms with Gasteiger partial charge in [-0.3, -0.25) is 14.3 Å². The van der Waals surface area contributed by atoms with Gasteiger partial charge in [-0.1, -0.05) is 0 Å². The van der Waals surface area contributed by atoms with Gasteiger partial charge in [-0.25, -0.2) is 0 Å². The Morgan fingerprint density at radius 2 is 2.05 bits per heavy atom. The van der Waals surface area contributed by atoms with Crippen molar-refractivity contribution in [2.45, 2.75) is 6.42 Å². The molecule has 0 unspecified atom stereocenters. The molecule has 0 radical (unpaired) electrons. The fourth-order valence-corrected chi connectivity index (χ4v) is 2.50. The number of hydrogen-bond acceptors (Lipinski definition) is 4. The van der Waals surface area contributed by atoms with Crippen LogP contribution in [0.15, 0.2) is 30.5 Å². The molecule has 0 N–H and O–H groups in total. The van der Waals surface area contributed by atoms with Crippen molar-refractivity contribution in [1.29, 1.82) is 0 Å². The first-order valence-electron chi connectivity index (χ1n) is 6.63. The lowest BCUT2D eigenvalue weighted by Crippen LogP contribution is -2.32. The number of fused-ring (bicyclic) bond motifs is 1. The smallest absolute Gasteiger partial charge is 0.299 e. The molecule has 2 aromatic rings. The van der Waals surface area contributed by atoms with Crippen LogP contribution in [0, 0.1) is 0 Å². The molecule has 0 bridgehead atoms. The van der Waals surface area contributed by atoms with E-state index in [9.17, 15) is 9.59 Å². The van der Waals surface area contributed by atoms with Gasteiger partial charge in [-0.05, 0) is 24.3 Å². The Bertz CT molecular complexity index is 721. The second-order valence-electron chi connectivity index (χ2n) is 4.87. The molecule has 0 atom stereocenters. The lowest BCUT2D eigenvalue weighted by Gasteiger charge is -2.16. The highest BCUT2D eigenvalue weighted by atomic mass is 16.5. The van der Waals surface area contributed by atoms with Gasteiger partial charge in [0.1, 0.15) is 5.75 Å². The summed E-state index contributed by atoms with van der Waals surface area (Å²) in [6.45, 7) is 0.448. The minimum Gasteiger partial charge on any atom is -0.497 e. The van der Waals surface area contributed by atoms with Gasteiger partial charge >= 0.3 is 0 Å². The normalized spacial score (nSPS) is 13.7. The summed E-state index contributed by atoms with van der Waals surface area (Å²) < 4.78 is 6.86. The van der Waals surface area contributed by atoms with Gasteiger partial charge in [-0.2, -0.15) is 5.10 Å². The topological polar surface area (TPSA) is 64.4 Å². The molecular weight excluding hydrogens is 270 g/mol. The van der Waals surface area contributed by atoms with Gasteiger partial charge in [-0.15, -0.1) is 0 Å². The fourth-order valence-electron chi connectivity index (χ4n) is 2.50. The number of aromatic nitrogens is 2. The average molecular weight is 285 g/mol. The van der Waals surface area contributed by atoms with E-state index in [1.54, 1.807) is 29.1 Å². The number of methoxy groups -OCH3 is 1. The van der Waals surface area contributed by atoms with E-state index in [4.69, 9.17) is 4.74 Å². The van der Waals surface area contributed by atoms with Crippen molar-refractivity contribution in [3.05, 3.63) is 41.7 Å². The number of Topliss-reactive ketones (excluding diaryl/α,β-unsaturated/α-hetero) is 1. The van der Waals surface area contributed by atoms with Gasteiger partial charge in [0.2, 0.25) is 0 Å². The third-order valence-corrected chi connectivity index (χ3v) is 3.69.